The summed E-state index contributed by atoms with van der Waals surface area (Å²) in [5, 5.41) is 12.0. The highest BCUT2D eigenvalue weighted by atomic mass is 32.2. The molecule has 1 aromatic heterocycles. The number of sulfonamides is 1. The third kappa shape index (κ3) is 5.68. The van der Waals surface area contributed by atoms with Crippen LogP contribution in [0, 0.1) is 0 Å². The fraction of sp³-hybridized carbons (Fsp3) is 0.235. The van der Waals surface area contributed by atoms with Crippen molar-refractivity contribution in [3.8, 4) is 0 Å². The molecule has 1 amide bonds. The Hall–Kier alpha value is -2.64. The van der Waals surface area contributed by atoms with Crippen LogP contribution >= 0.6 is 11.3 Å². The summed E-state index contributed by atoms with van der Waals surface area (Å²) >= 11 is 0.838. The van der Waals surface area contributed by atoms with Gasteiger partial charge in [-0.05, 0) is 24.3 Å². The zero-order valence-electron chi connectivity index (χ0n) is 15.1. The molecule has 0 radical (unpaired) electrons. The van der Waals surface area contributed by atoms with Crippen LogP contribution in [0.1, 0.15) is 25.8 Å². The fourth-order valence-electron chi connectivity index (χ4n) is 2.28. The Morgan fingerprint density at radius 1 is 1.07 bits per heavy atom. The van der Waals surface area contributed by atoms with Crippen LogP contribution in [0.5, 0.6) is 0 Å². The standard InChI is InChI=1S/C17H20N4O6S2/c18-8-9-20-15(23)14-7-6-13(28-14)12(22)10-17(19,16(24)25)21-29(26,27)11-4-2-1-3-5-11/h1-7,21H,8-10,18-19H2,(H,20,23)(H,24,25)/t17-/m0/s1. The number of ketones is 1. The molecule has 29 heavy (non-hydrogen) atoms. The third-order valence-electron chi connectivity index (χ3n) is 3.73. The van der Waals surface area contributed by atoms with Gasteiger partial charge < -0.3 is 21.9 Å². The lowest BCUT2D eigenvalue weighted by Gasteiger charge is -2.25. The first kappa shape index (κ1) is 22.6. The van der Waals surface area contributed by atoms with Gasteiger partial charge in [0.1, 0.15) is 0 Å². The van der Waals surface area contributed by atoms with Gasteiger partial charge >= 0.3 is 5.97 Å². The van der Waals surface area contributed by atoms with Crippen molar-refractivity contribution < 1.29 is 27.9 Å². The van der Waals surface area contributed by atoms with E-state index in [-0.39, 0.29) is 27.7 Å². The second-order valence-corrected chi connectivity index (χ2v) is 8.77. The number of hydrogen-bond acceptors (Lipinski definition) is 8. The van der Waals surface area contributed by atoms with E-state index in [1.54, 1.807) is 6.07 Å². The normalized spacial score (nSPS) is 13.4. The number of amides is 1. The lowest BCUT2D eigenvalue weighted by Crippen LogP contribution is -2.62. The van der Waals surface area contributed by atoms with Gasteiger partial charge in [0.25, 0.3) is 5.91 Å². The van der Waals surface area contributed by atoms with E-state index in [0.717, 1.165) is 11.3 Å². The quantitative estimate of drug-likeness (QED) is 0.247. The van der Waals surface area contributed by atoms with Gasteiger partial charge in [0, 0.05) is 13.1 Å². The molecule has 2 aromatic rings. The first-order chi connectivity index (χ1) is 13.6. The van der Waals surface area contributed by atoms with Gasteiger partial charge in [0.2, 0.25) is 10.0 Å². The summed E-state index contributed by atoms with van der Waals surface area (Å²) in [5.74, 6) is -2.88. The van der Waals surface area contributed by atoms with Crippen molar-refractivity contribution in [2.75, 3.05) is 13.1 Å². The number of nitrogens with one attached hydrogen (secondary N) is 2. The van der Waals surface area contributed by atoms with Crippen LogP contribution in [0.25, 0.3) is 0 Å². The molecule has 7 N–H and O–H groups in total. The minimum absolute atomic E-state index is 0.0675. The summed E-state index contributed by atoms with van der Waals surface area (Å²) in [4.78, 5) is 36.2. The smallest absolute Gasteiger partial charge is 0.340 e. The molecular formula is C17H20N4O6S2. The predicted octanol–water partition coefficient (Wildman–Crippen LogP) is -0.272. The number of Topliss-reactive ketones (excluding diaryl/α,β-unsaturated/α-hetero) is 1. The molecule has 156 valence electrons. The molecule has 2 rings (SSSR count). The molecule has 12 heteroatoms. The highest BCUT2D eigenvalue weighted by Gasteiger charge is 2.41. The molecule has 0 aliphatic heterocycles. The number of carbonyl (C=O) groups is 3. The Bertz CT molecular complexity index is 1010. The zero-order chi connectivity index (χ0) is 21.7. The van der Waals surface area contributed by atoms with Crippen LogP contribution in [0.2, 0.25) is 0 Å². The maximum atomic E-state index is 12.5. The molecule has 0 unspecified atom stereocenters. The Kier molecular flexibility index (Phi) is 7.21. The van der Waals surface area contributed by atoms with Crippen LogP contribution in [0.3, 0.4) is 0 Å². The van der Waals surface area contributed by atoms with E-state index in [2.05, 4.69) is 5.32 Å². The number of nitrogens with two attached hydrogens (primary N) is 2. The minimum atomic E-state index is -4.29. The number of rotatable bonds is 10. The second-order valence-electron chi connectivity index (χ2n) is 6.00. The molecule has 1 heterocycles. The molecule has 1 atom stereocenters. The third-order valence-corrected chi connectivity index (χ3v) is 6.38. The van der Waals surface area contributed by atoms with Crippen molar-refractivity contribution in [2.45, 2.75) is 17.0 Å². The molecular weight excluding hydrogens is 420 g/mol. The van der Waals surface area contributed by atoms with Gasteiger partial charge in [-0.25, -0.2) is 13.2 Å². The lowest BCUT2D eigenvalue weighted by atomic mass is 10.0. The van der Waals surface area contributed by atoms with Crippen LogP contribution in [0.4, 0.5) is 0 Å². The number of aliphatic carboxylic acids is 1. The molecule has 0 fully saturated rings. The Morgan fingerprint density at radius 3 is 2.28 bits per heavy atom. The van der Waals surface area contributed by atoms with Gasteiger partial charge in [-0.3, -0.25) is 9.59 Å². The van der Waals surface area contributed by atoms with Crippen molar-refractivity contribution in [3.05, 3.63) is 52.2 Å². The van der Waals surface area contributed by atoms with E-state index in [1.165, 1.54) is 36.4 Å². The Balaban J connectivity index is 2.20. The SMILES string of the molecule is NCCNC(=O)c1ccc(C(=O)C[C@](N)(NS(=O)(=O)c2ccccc2)C(=O)O)s1. The number of benzene rings is 1. The molecule has 0 spiro atoms. The highest BCUT2D eigenvalue weighted by molar-refractivity contribution is 7.89. The number of hydrogen-bond donors (Lipinski definition) is 5. The topological polar surface area (TPSA) is 182 Å². The van der Waals surface area contributed by atoms with Gasteiger partial charge in [-0.1, -0.05) is 18.2 Å². The Morgan fingerprint density at radius 2 is 1.69 bits per heavy atom. The molecule has 0 aliphatic carbocycles. The van der Waals surface area contributed by atoms with Crippen LogP contribution in [-0.2, 0) is 14.8 Å². The average molecular weight is 441 g/mol. The molecule has 10 nitrogen and oxygen atoms in total. The monoisotopic (exact) mass is 440 g/mol. The van der Waals surface area contributed by atoms with Crippen LogP contribution in [-0.4, -0.2) is 49.9 Å². The zero-order valence-corrected chi connectivity index (χ0v) is 16.8. The van der Waals surface area contributed by atoms with Gasteiger partial charge in [0.05, 0.1) is 21.1 Å². The fourth-order valence-corrected chi connectivity index (χ4v) is 4.41. The predicted molar refractivity (Wildman–Crippen MR) is 106 cm³/mol. The first-order valence-corrected chi connectivity index (χ1v) is 10.6. The number of carbonyl (C=O) groups excluding carboxylic acids is 2. The van der Waals surface area contributed by atoms with E-state index in [1.807, 2.05) is 4.72 Å². The number of carboxylic acids is 1. The number of carboxylic acid groups (broad SMARTS) is 1. The van der Waals surface area contributed by atoms with Crippen LogP contribution < -0.4 is 21.5 Å². The summed E-state index contributed by atoms with van der Waals surface area (Å²) in [5.41, 5.74) is 8.47. The molecule has 0 bridgehead atoms. The van der Waals surface area contributed by atoms with Crippen molar-refractivity contribution in [2.24, 2.45) is 11.5 Å². The summed E-state index contributed by atoms with van der Waals surface area (Å²) in [6.07, 6.45) is -0.848. The second kappa shape index (κ2) is 9.24. The van der Waals surface area contributed by atoms with Crippen LogP contribution in [0.15, 0.2) is 47.4 Å². The van der Waals surface area contributed by atoms with E-state index < -0.39 is 39.8 Å². The van der Waals surface area contributed by atoms with Gasteiger partial charge in [-0.15, -0.1) is 11.3 Å². The molecule has 0 saturated carbocycles. The Labute approximate surface area is 171 Å². The van der Waals surface area contributed by atoms with E-state index >= 15 is 0 Å². The number of thiophene rings is 1. The molecule has 1 aromatic carbocycles. The minimum Gasteiger partial charge on any atom is -0.479 e. The summed E-state index contributed by atoms with van der Waals surface area (Å²) < 4.78 is 26.8. The van der Waals surface area contributed by atoms with Gasteiger partial charge in [0.15, 0.2) is 11.4 Å². The van der Waals surface area contributed by atoms with E-state index in [4.69, 9.17) is 11.5 Å². The van der Waals surface area contributed by atoms with Crippen molar-refractivity contribution in [1.29, 1.82) is 0 Å². The highest BCUT2D eigenvalue weighted by Crippen LogP contribution is 2.21. The van der Waals surface area contributed by atoms with Crippen molar-refractivity contribution >= 4 is 39.0 Å². The maximum absolute atomic E-state index is 12.5. The maximum Gasteiger partial charge on any atom is 0.340 e. The van der Waals surface area contributed by atoms with Crippen molar-refractivity contribution in [1.82, 2.24) is 10.0 Å². The summed E-state index contributed by atoms with van der Waals surface area (Å²) in [6.45, 7) is 0.505. The summed E-state index contributed by atoms with van der Waals surface area (Å²) in [7, 11) is -4.29. The van der Waals surface area contributed by atoms with Crippen molar-refractivity contribution in [3.63, 3.8) is 0 Å². The largest absolute Gasteiger partial charge is 0.479 e. The lowest BCUT2D eigenvalue weighted by molar-refractivity contribution is -0.143. The molecule has 0 aliphatic rings. The average Bonchev–Trinajstić information content (AvgIpc) is 3.16. The van der Waals surface area contributed by atoms with E-state index in [0.29, 0.717) is 0 Å². The van der Waals surface area contributed by atoms with E-state index in [9.17, 15) is 27.9 Å². The van der Waals surface area contributed by atoms with Gasteiger partial charge in [-0.2, -0.15) is 4.72 Å². The first-order valence-electron chi connectivity index (χ1n) is 8.31. The summed E-state index contributed by atoms with van der Waals surface area (Å²) in [6, 6.07) is 9.78. The molecule has 0 saturated heterocycles.